The van der Waals surface area contributed by atoms with E-state index < -0.39 is 12.4 Å². The van der Waals surface area contributed by atoms with Gasteiger partial charge in [-0.15, -0.1) is 11.8 Å². The maximum atomic E-state index is 12.4. The zero-order chi connectivity index (χ0) is 16.1. The Morgan fingerprint density at radius 2 is 2.05 bits per heavy atom. The van der Waals surface area contributed by atoms with Gasteiger partial charge in [-0.3, -0.25) is 9.69 Å². The van der Waals surface area contributed by atoms with E-state index in [2.05, 4.69) is 0 Å². The van der Waals surface area contributed by atoms with Gasteiger partial charge in [-0.05, 0) is 24.6 Å². The number of rotatable bonds is 4. The molecular formula is C14H15Cl2NO4S. The monoisotopic (exact) mass is 363 g/mol. The Hall–Kier alpha value is -1.11. The van der Waals surface area contributed by atoms with Gasteiger partial charge in [0.15, 0.2) is 6.23 Å². The normalized spacial score (nSPS) is 17.4. The van der Waals surface area contributed by atoms with Crippen LogP contribution in [-0.4, -0.2) is 41.4 Å². The third-order valence-electron chi connectivity index (χ3n) is 3.04. The fraction of sp³-hybridized carbons (Fsp3) is 0.429. The van der Waals surface area contributed by atoms with Crippen LogP contribution in [-0.2, 0) is 20.7 Å². The quantitative estimate of drug-likeness (QED) is 0.765. The summed E-state index contributed by atoms with van der Waals surface area (Å²) in [4.78, 5) is 25.3. The van der Waals surface area contributed by atoms with E-state index in [0.717, 1.165) is 0 Å². The second kappa shape index (κ2) is 7.94. The van der Waals surface area contributed by atoms with Crippen molar-refractivity contribution < 1.29 is 19.1 Å². The molecule has 1 aliphatic heterocycles. The number of amides is 1. The molecule has 1 atom stereocenters. The van der Waals surface area contributed by atoms with E-state index in [1.54, 1.807) is 25.1 Å². The SMILES string of the molecule is CCOC(=O)OC1CSCN1C(=O)Cc1c(Cl)cccc1Cl. The van der Waals surface area contributed by atoms with E-state index in [1.807, 2.05) is 0 Å². The Morgan fingerprint density at radius 1 is 1.36 bits per heavy atom. The lowest BCUT2D eigenvalue weighted by Gasteiger charge is -2.23. The van der Waals surface area contributed by atoms with Gasteiger partial charge in [0.2, 0.25) is 5.91 Å². The summed E-state index contributed by atoms with van der Waals surface area (Å²) >= 11 is 13.7. The highest BCUT2D eigenvalue weighted by molar-refractivity contribution is 7.99. The van der Waals surface area contributed by atoms with Crippen LogP contribution < -0.4 is 0 Å². The lowest BCUT2D eigenvalue weighted by Crippen LogP contribution is -2.40. The van der Waals surface area contributed by atoms with Crippen LogP contribution in [0, 0.1) is 0 Å². The van der Waals surface area contributed by atoms with Crippen LogP contribution in [0.25, 0.3) is 0 Å². The summed E-state index contributed by atoms with van der Waals surface area (Å²) in [6.45, 7) is 1.91. The van der Waals surface area contributed by atoms with Gasteiger partial charge >= 0.3 is 6.16 Å². The molecule has 0 aromatic heterocycles. The molecule has 1 heterocycles. The van der Waals surface area contributed by atoms with Crippen LogP contribution in [0.15, 0.2) is 18.2 Å². The molecule has 0 bridgehead atoms. The van der Waals surface area contributed by atoms with Crippen molar-refractivity contribution >= 4 is 47.0 Å². The van der Waals surface area contributed by atoms with Gasteiger partial charge in [0.05, 0.1) is 24.7 Å². The van der Waals surface area contributed by atoms with Crippen LogP contribution in [0.5, 0.6) is 0 Å². The third kappa shape index (κ3) is 4.21. The summed E-state index contributed by atoms with van der Waals surface area (Å²) in [6.07, 6.45) is -1.34. The fourth-order valence-corrected chi connectivity index (χ4v) is 3.57. The first-order valence-corrected chi connectivity index (χ1v) is 8.57. The first-order chi connectivity index (χ1) is 10.5. The zero-order valence-corrected chi connectivity index (χ0v) is 14.2. The molecule has 1 fully saturated rings. The Labute approximate surface area is 142 Å². The summed E-state index contributed by atoms with van der Waals surface area (Å²) in [7, 11) is 0. The molecule has 22 heavy (non-hydrogen) atoms. The standard InChI is InChI=1S/C14H15Cl2NO4S/c1-2-20-14(19)21-13-7-22-8-17(13)12(18)6-9-10(15)4-3-5-11(9)16/h3-5,13H,2,6-8H2,1H3. The number of halogens is 2. The van der Waals surface area contributed by atoms with Crippen LogP contribution >= 0.6 is 35.0 Å². The van der Waals surface area contributed by atoms with Crippen molar-refractivity contribution in [3.05, 3.63) is 33.8 Å². The number of carbonyl (C=O) groups is 2. The van der Waals surface area contributed by atoms with E-state index in [9.17, 15) is 9.59 Å². The number of hydrogen-bond acceptors (Lipinski definition) is 5. The lowest BCUT2D eigenvalue weighted by molar-refractivity contribution is -0.137. The van der Waals surface area contributed by atoms with Crippen molar-refractivity contribution in [2.24, 2.45) is 0 Å². The minimum Gasteiger partial charge on any atom is -0.435 e. The number of carbonyl (C=O) groups excluding carboxylic acids is 2. The maximum Gasteiger partial charge on any atom is 0.510 e. The molecule has 120 valence electrons. The molecule has 0 spiro atoms. The van der Waals surface area contributed by atoms with Gasteiger partial charge in [-0.1, -0.05) is 29.3 Å². The predicted molar refractivity (Wildman–Crippen MR) is 86.2 cm³/mol. The number of benzene rings is 1. The third-order valence-corrected chi connectivity index (χ3v) is 4.73. The van der Waals surface area contributed by atoms with Gasteiger partial charge in [0, 0.05) is 10.0 Å². The van der Waals surface area contributed by atoms with Gasteiger partial charge < -0.3 is 9.47 Å². The summed E-state index contributed by atoms with van der Waals surface area (Å²) in [5, 5.41) is 0.881. The molecule has 0 N–H and O–H groups in total. The Bertz CT molecular complexity index is 550. The topological polar surface area (TPSA) is 55.8 Å². The number of nitrogens with zero attached hydrogens (tertiary/aromatic N) is 1. The van der Waals surface area contributed by atoms with Crippen LogP contribution in [0.3, 0.4) is 0 Å². The molecule has 2 rings (SSSR count). The van der Waals surface area contributed by atoms with Crippen molar-refractivity contribution in [2.75, 3.05) is 18.2 Å². The first kappa shape index (κ1) is 17.2. The van der Waals surface area contributed by atoms with E-state index in [4.69, 9.17) is 32.7 Å². The molecule has 5 nitrogen and oxygen atoms in total. The van der Waals surface area contributed by atoms with Crippen LogP contribution in [0.4, 0.5) is 4.79 Å². The maximum absolute atomic E-state index is 12.4. The fourth-order valence-electron chi connectivity index (χ4n) is 1.97. The van der Waals surface area contributed by atoms with Gasteiger partial charge in [-0.25, -0.2) is 4.79 Å². The lowest BCUT2D eigenvalue weighted by atomic mass is 10.1. The van der Waals surface area contributed by atoms with E-state index in [0.29, 0.717) is 27.2 Å². The molecule has 0 aliphatic carbocycles. The van der Waals surface area contributed by atoms with Crippen molar-refractivity contribution in [2.45, 2.75) is 19.6 Å². The van der Waals surface area contributed by atoms with E-state index in [-0.39, 0.29) is 18.9 Å². The van der Waals surface area contributed by atoms with E-state index in [1.165, 1.54) is 16.7 Å². The minimum atomic E-state index is -0.774. The largest absolute Gasteiger partial charge is 0.510 e. The Kier molecular flexibility index (Phi) is 6.23. The van der Waals surface area contributed by atoms with Crippen LogP contribution in [0.1, 0.15) is 12.5 Å². The molecule has 1 unspecified atom stereocenters. The molecule has 1 aromatic carbocycles. The molecule has 0 saturated carbocycles. The molecule has 1 aromatic rings. The number of thioether (sulfide) groups is 1. The summed E-state index contributed by atoms with van der Waals surface area (Å²) in [5.41, 5.74) is 0.572. The highest BCUT2D eigenvalue weighted by Gasteiger charge is 2.33. The highest BCUT2D eigenvalue weighted by Crippen LogP contribution is 2.28. The molecule has 0 radical (unpaired) electrons. The average Bonchev–Trinajstić information content (AvgIpc) is 2.91. The van der Waals surface area contributed by atoms with Gasteiger partial charge in [-0.2, -0.15) is 0 Å². The Morgan fingerprint density at radius 3 is 2.68 bits per heavy atom. The number of hydrogen-bond donors (Lipinski definition) is 0. The molecule has 8 heteroatoms. The second-order valence-corrected chi connectivity index (χ2v) is 6.31. The van der Waals surface area contributed by atoms with Crippen molar-refractivity contribution in [1.82, 2.24) is 4.90 Å². The van der Waals surface area contributed by atoms with Gasteiger partial charge in [0.25, 0.3) is 0 Å². The Balaban J connectivity index is 2.03. The van der Waals surface area contributed by atoms with Crippen molar-refractivity contribution in [3.63, 3.8) is 0 Å². The average molecular weight is 364 g/mol. The first-order valence-electron chi connectivity index (χ1n) is 6.66. The zero-order valence-electron chi connectivity index (χ0n) is 11.9. The smallest absolute Gasteiger partial charge is 0.435 e. The molecule has 1 amide bonds. The molecular weight excluding hydrogens is 349 g/mol. The van der Waals surface area contributed by atoms with Gasteiger partial charge in [0.1, 0.15) is 0 Å². The number of ether oxygens (including phenoxy) is 2. The van der Waals surface area contributed by atoms with E-state index >= 15 is 0 Å². The van der Waals surface area contributed by atoms with Crippen molar-refractivity contribution in [3.8, 4) is 0 Å². The van der Waals surface area contributed by atoms with Crippen LogP contribution in [0.2, 0.25) is 10.0 Å². The summed E-state index contributed by atoms with van der Waals surface area (Å²) in [6, 6.07) is 5.08. The molecule has 1 saturated heterocycles. The second-order valence-electron chi connectivity index (χ2n) is 4.50. The highest BCUT2D eigenvalue weighted by atomic mass is 35.5. The summed E-state index contributed by atoms with van der Waals surface area (Å²) in [5.74, 6) is 0.764. The predicted octanol–water partition coefficient (Wildman–Crippen LogP) is 3.57. The summed E-state index contributed by atoms with van der Waals surface area (Å²) < 4.78 is 9.88. The minimum absolute atomic E-state index is 0.0573. The molecule has 1 aliphatic rings. The van der Waals surface area contributed by atoms with Crippen molar-refractivity contribution in [1.29, 1.82) is 0 Å².